The molecular formula is C16H17FN4O3. The Morgan fingerprint density at radius 1 is 1.25 bits per heavy atom. The Hall–Kier alpha value is -2.74. The quantitative estimate of drug-likeness (QED) is 0.724. The molecule has 1 aromatic carbocycles. The first-order valence-electron chi connectivity index (χ1n) is 7.64. The maximum Gasteiger partial charge on any atom is 0.287 e. The average Bonchev–Trinajstić information content (AvgIpc) is 3.02. The van der Waals surface area contributed by atoms with Gasteiger partial charge in [0.05, 0.1) is 11.8 Å². The molecule has 1 heterocycles. The number of halogens is 1. The van der Waals surface area contributed by atoms with Crippen LogP contribution in [0.25, 0.3) is 11.3 Å². The maximum atomic E-state index is 12.9. The Kier molecular flexibility index (Phi) is 4.85. The summed E-state index contributed by atoms with van der Waals surface area (Å²) in [5.41, 5.74) is 5.91. The molecule has 8 heteroatoms. The summed E-state index contributed by atoms with van der Waals surface area (Å²) in [4.78, 5) is 23.5. The average molecular weight is 332 g/mol. The van der Waals surface area contributed by atoms with Gasteiger partial charge in [-0.25, -0.2) is 4.39 Å². The van der Waals surface area contributed by atoms with Gasteiger partial charge in [0, 0.05) is 5.56 Å². The predicted octanol–water partition coefficient (Wildman–Crippen LogP) is 1.55. The van der Waals surface area contributed by atoms with Gasteiger partial charge in [0.15, 0.2) is 0 Å². The first-order chi connectivity index (χ1) is 11.6. The van der Waals surface area contributed by atoms with Crippen LogP contribution >= 0.6 is 0 Å². The number of rotatable bonds is 5. The SMILES string of the molecule is O=C(COC1CCC1)NNC(=O)c1cc(-c2ccc(F)cc2)n[nH]1. The van der Waals surface area contributed by atoms with Crippen LogP contribution in [-0.2, 0) is 9.53 Å². The number of aromatic nitrogens is 2. The number of hydrazine groups is 1. The largest absolute Gasteiger partial charge is 0.368 e. The van der Waals surface area contributed by atoms with Crippen molar-refractivity contribution < 1.29 is 18.7 Å². The maximum absolute atomic E-state index is 12.9. The van der Waals surface area contributed by atoms with Crippen molar-refractivity contribution in [2.75, 3.05) is 6.61 Å². The molecule has 3 rings (SSSR count). The molecule has 0 saturated heterocycles. The van der Waals surface area contributed by atoms with Crippen molar-refractivity contribution in [3.8, 4) is 11.3 Å². The molecule has 0 bridgehead atoms. The molecule has 0 unspecified atom stereocenters. The Labute approximate surface area is 137 Å². The molecule has 2 aromatic rings. The van der Waals surface area contributed by atoms with Crippen LogP contribution in [0.2, 0.25) is 0 Å². The van der Waals surface area contributed by atoms with E-state index in [1.165, 1.54) is 18.2 Å². The van der Waals surface area contributed by atoms with Crippen molar-refractivity contribution in [3.05, 3.63) is 41.8 Å². The van der Waals surface area contributed by atoms with Crippen LogP contribution in [0.15, 0.2) is 30.3 Å². The second-order valence-corrected chi connectivity index (χ2v) is 5.54. The fourth-order valence-electron chi connectivity index (χ4n) is 2.17. The molecule has 1 saturated carbocycles. The van der Waals surface area contributed by atoms with Crippen molar-refractivity contribution >= 4 is 11.8 Å². The minimum Gasteiger partial charge on any atom is -0.368 e. The first-order valence-corrected chi connectivity index (χ1v) is 7.64. The molecule has 0 atom stereocenters. The van der Waals surface area contributed by atoms with E-state index in [-0.39, 0.29) is 24.2 Å². The van der Waals surface area contributed by atoms with Gasteiger partial charge < -0.3 is 4.74 Å². The molecule has 126 valence electrons. The number of ether oxygens (including phenoxy) is 1. The molecule has 0 radical (unpaired) electrons. The molecular weight excluding hydrogens is 315 g/mol. The molecule has 3 N–H and O–H groups in total. The van der Waals surface area contributed by atoms with Gasteiger partial charge in [0.1, 0.15) is 18.1 Å². The van der Waals surface area contributed by atoms with Crippen molar-refractivity contribution in [2.24, 2.45) is 0 Å². The van der Waals surface area contributed by atoms with Gasteiger partial charge in [-0.3, -0.25) is 25.5 Å². The summed E-state index contributed by atoms with van der Waals surface area (Å²) in [5, 5.41) is 6.57. The predicted molar refractivity (Wildman–Crippen MR) is 83.2 cm³/mol. The van der Waals surface area contributed by atoms with Gasteiger partial charge in [-0.05, 0) is 49.6 Å². The van der Waals surface area contributed by atoms with Gasteiger partial charge in [-0.15, -0.1) is 0 Å². The summed E-state index contributed by atoms with van der Waals surface area (Å²) in [6.45, 7) is -0.0885. The van der Waals surface area contributed by atoms with Crippen LogP contribution in [0.3, 0.4) is 0 Å². The third-order valence-electron chi connectivity index (χ3n) is 3.78. The van der Waals surface area contributed by atoms with Crippen LogP contribution in [0.5, 0.6) is 0 Å². The molecule has 7 nitrogen and oxygen atoms in total. The normalized spacial score (nSPS) is 14.0. The Bertz CT molecular complexity index is 725. The van der Waals surface area contributed by atoms with Gasteiger partial charge in [-0.2, -0.15) is 5.10 Å². The number of benzene rings is 1. The van der Waals surface area contributed by atoms with Crippen molar-refractivity contribution in [3.63, 3.8) is 0 Å². The highest BCUT2D eigenvalue weighted by Gasteiger charge is 2.19. The number of hydrogen-bond donors (Lipinski definition) is 3. The number of nitrogens with zero attached hydrogens (tertiary/aromatic N) is 1. The van der Waals surface area contributed by atoms with Crippen LogP contribution < -0.4 is 10.9 Å². The fraction of sp³-hybridized carbons (Fsp3) is 0.312. The summed E-state index contributed by atoms with van der Waals surface area (Å²) in [6, 6.07) is 7.26. The third kappa shape index (κ3) is 3.96. The molecule has 2 amide bonds. The summed E-state index contributed by atoms with van der Waals surface area (Å²) in [5.74, 6) is -1.31. The minimum absolute atomic E-state index is 0.0885. The number of amides is 2. The fourth-order valence-corrected chi connectivity index (χ4v) is 2.17. The first kappa shape index (κ1) is 16.1. The second kappa shape index (κ2) is 7.22. The standard InChI is InChI=1S/C16H17FN4O3/c17-11-6-4-10(5-7-11)13-8-14(19-18-13)16(23)21-20-15(22)9-24-12-2-1-3-12/h4-8,12H,1-3,9H2,(H,18,19)(H,20,22)(H,21,23). The Balaban J connectivity index is 1.50. The molecule has 1 fully saturated rings. The summed E-state index contributed by atoms with van der Waals surface area (Å²) >= 11 is 0. The second-order valence-electron chi connectivity index (χ2n) is 5.54. The highest BCUT2D eigenvalue weighted by atomic mass is 19.1. The van der Waals surface area contributed by atoms with E-state index in [4.69, 9.17) is 4.74 Å². The third-order valence-corrected chi connectivity index (χ3v) is 3.78. The van der Waals surface area contributed by atoms with E-state index in [0.29, 0.717) is 11.3 Å². The van der Waals surface area contributed by atoms with Gasteiger partial charge >= 0.3 is 0 Å². The highest BCUT2D eigenvalue weighted by molar-refractivity contribution is 5.94. The van der Waals surface area contributed by atoms with Crippen molar-refractivity contribution in [1.29, 1.82) is 0 Å². The topological polar surface area (TPSA) is 96.1 Å². The van der Waals surface area contributed by atoms with Crippen molar-refractivity contribution in [2.45, 2.75) is 25.4 Å². The van der Waals surface area contributed by atoms with E-state index in [2.05, 4.69) is 21.0 Å². The zero-order chi connectivity index (χ0) is 16.9. The summed E-state index contributed by atoms with van der Waals surface area (Å²) < 4.78 is 18.2. The van der Waals surface area contributed by atoms with E-state index < -0.39 is 11.8 Å². The lowest BCUT2D eigenvalue weighted by molar-refractivity contribution is -0.130. The molecule has 1 aromatic heterocycles. The molecule has 1 aliphatic carbocycles. The van der Waals surface area contributed by atoms with Crippen LogP contribution in [-0.4, -0.2) is 34.7 Å². The molecule has 24 heavy (non-hydrogen) atoms. The van der Waals surface area contributed by atoms with Crippen LogP contribution in [0.1, 0.15) is 29.8 Å². The molecule has 0 spiro atoms. The number of nitrogens with one attached hydrogen (secondary N) is 3. The van der Waals surface area contributed by atoms with E-state index >= 15 is 0 Å². The van der Waals surface area contributed by atoms with E-state index in [0.717, 1.165) is 19.3 Å². The van der Waals surface area contributed by atoms with Crippen LogP contribution in [0.4, 0.5) is 4.39 Å². The number of carbonyl (C=O) groups is 2. The summed E-state index contributed by atoms with van der Waals surface area (Å²) in [6.07, 6.45) is 3.22. The van der Waals surface area contributed by atoms with E-state index in [1.54, 1.807) is 12.1 Å². The highest BCUT2D eigenvalue weighted by Crippen LogP contribution is 2.21. The van der Waals surface area contributed by atoms with Gasteiger partial charge in [-0.1, -0.05) is 0 Å². The Morgan fingerprint density at radius 2 is 2.00 bits per heavy atom. The van der Waals surface area contributed by atoms with Gasteiger partial charge in [0.25, 0.3) is 11.8 Å². The molecule has 1 aliphatic rings. The lowest BCUT2D eigenvalue weighted by atomic mass is 9.96. The monoisotopic (exact) mass is 332 g/mol. The van der Waals surface area contributed by atoms with E-state index in [1.807, 2.05) is 0 Å². The number of hydrogen-bond acceptors (Lipinski definition) is 4. The summed E-state index contributed by atoms with van der Waals surface area (Å²) in [7, 11) is 0. The number of H-pyrrole nitrogens is 1. The zero-order valence-electron chi connectivity index (χ0n) is 12.8. The van der Waals surface area contributed by atoms with E-state index in [9.17, 15) is 14.0 Å². The van der Waals surface area contributed by atoms with Crippen LogP contribution in [0, 0.1) is 5.82 Å². The number of aromatic amines is 1. The minimum atomic E-state index is -0.534. The van der Waals surface area contributed by atoms with Gasteiger partial charge in [0.2, 0.25) is 0 Å². The lowest BCUT2D eigenvalue weighted by Crippen LogP contribution is -2.44. The molecule has 0 aliphatic heterocycles. The zero-order valence-corrected chi connectivity index (χ0v) is 12.8. The Morgan fingerprint density at radius 3 is 2.67 bits per heavy atom. The smallest absolute Gasteiger partial charge is 0.287 e. The lowest BCUT2D eigenvalue weighted by Gasteiger charge is -2.25. The number of carbonyl (C=O) groups excluding carboxylic acids is 2. The van der Waals surface area contributed by atoms with Crippen molar-refractivity contribution in [1.82, 2.24) is 21.0 Å².